The van der Waals surface area contributed by atoms with Gasteiger partial charge in [-0.05, 0) is 0 Å². The molecule has 0 fully saturated rings. The van der Waals surface area contributed by atoms with Gasteiger partial charge in [-0.3, -0.25) is 0 Å². The number of aromatic nitrogens is 4. The molecule has 0 atom stereocenters. The summed E-state index contributed by atoms with van der Waals surface area (Å²) in [7, 11) is 2.90. The van der Waals surface area contributed by atoms with E-state index in [2.05, 4.69) is 24.5 Å². The second-order valence-electron chi connectivity index (χ2n) is 5.13. The second-order valence-corrected chi connectivity index (χ2v) is 5.13. The number of benzene rings is 1. The van der Waals surface area contributed by atoms with Gasteiger partial charge in [0, 0.05) is 14.1 Å². The van der Waals surface area contributed by atoms with Gasteiger partial charge in [-0.15, -0.1) is 0 Å². The lowest BCUT2D eigenvalue weighted by molar-refractivity contribution is 0.522. The van der Waals surface area contributed by atoms with E-state index in [1.807, 2.05) is 0 Å². The zero-order chi connectivity index (χ0) is 19.2. The lowest BCUT2D eigenvalue weighted by atomic mass is 10.2. The minimum atomic E-state index is -1.28. The van der Waals surface area contributed by atoms with E-state index in [0.29, 0.717) is 0 Å². The molecule has 1 aromatic carbocycles. The highest BCUT2D eigenvalue weighted by Crippen LogP contribution is 2.27. The van der Waals surface area contributed by atoms with Crippen LogP contribution in [0.5, 0.6) is 0 Å². The molecule has 0 spiro atoms. The maximum absolute atomic E-state index is 14.5. The third-order valence-corrected chi connectivity index (χ3v) is 3.86. The summed E-state index contributed by atoms with van der Waals surface area (Å²) in [4.78, 5) is 17.0. The quantitative estimate of drug-likeness (QED) is 0.573. The molecule has 0 amide bonds. The van der Waals surface area contributed by atoms with Crippen LogP contribution in [0.1, 0.15) is 0 Å². The maximum Gasteiger partial charge on any atom is 0.562 e. The molecule has 3 rings (SSSR count). The van der Waals surface area contributed by atoms with E-state index in [1.54, 1.807) is 6.07 Å². The minimum Gasteiger partial charge on any atom is -0.334 e. The number of hydrogen-bond acceptors (Lipinski definition) is 3. The molecule has 10 heteroatoms. The molecule has 0 aliphatic carbocycles. The van der Waals surface area contributed by atoms with Crippen molar-refractivity contribution >= 4 is 33.6 Å². The first-order valence-corrected chi connectivity index (χ1v) is 6.88. The standard InChI is InChI=1S/C16H6F2N8/c1-20-7(6-19)15-23-10-8(17)9(18)11-13(12(10)25(15)4)26(5)16(24-11)14(21-2)22-3/h4-5H3/b15-7-. The van der Waals surface area contributed by atoms with E-state index < -0.39 is 17.5 Å². The van der Waals surface area contributed by atoms with Crippen molar-refractivity contribution in [2.45, 2.75) is 0 Å². The Balaban J connectivity index is 2.79. The number of hydrogen-bond donors (Lipinski definition) is 0. The molecular weight excluding hydrogens is 342 g/mol. The number of imidazole rings is 2. The Morgan fingerprint density at radius 3 is 1.81 bits per heavy atom. The minimum absolute atomic E-state index is 0.0980. The van der Waals surface area contributed by atoms with Crippen LogP contribution in [0.4, 0.5) is 8.78 Å². The van der Waals surface area contributed by atoms with Gasteiger partial charge in [0.1, 0.15) is 29.7 Å². The molecule has 0 N–H and O–H groups in total. The summed E-state index contributed by atoms with van der Waals surface area (Å²) in [5, 5.41) is 9.05. The number of nitrogens with zero attached hydrogens (tertiary/aromatic N) is 8. The molecular formula is C16H6F2N8. The zero-order valence-corrected chi connectivity index (χ0v) is 13.3. The van der Waals surface area contributed by atoms with Gasteiger partial charge < -0.3 is 9.13 Å². The van der Waals surface area contributed by atoms with Crippen molar-refractivity contribution in [2.75, 3.05) is 0 Å². The van der Waals surface area contributed by atoms with Gasteiger partial charge in [0.05, 0.1) is 23.7 Å². The molecule has 0 aliphatic rings. The molecule has 26 heavy (non-hydrogen) atoms. The van der Waals surface area contributed by atoms with Crippen molar-refractivity contribution in [3.8, 4) is 6.07 Å². The zero-order valence-electron chi connectivity index (χ0n) is 13.3. The van der Waals surface area contributed by atoms with Crippen molar-refractivity contribution < 1.29 is 8.78 Å². The Morgan fingerprint density at radius 2 is 1.38 bits per heavy atom. The molecule has 2 aromatic heterocycles. The molecule has 0 aliphatic heterocycles. The van der Waals surface area contributed by atoms with Crippen molar-refractivity contribution in [1.29, 1.82) is 5.26 Å². The average molecular weight is 348 g/mol. The fourth-order valence-corrected chi connectivity index (χ4v) is 2.71. The van der Waals surface area contributed by atoms with Gasteiger partial charge in [0.25, 0.3) is 0 Å². The fourth-order valence-electron chi connectivity index (χ4n) is 2.71. The number of halogens is 2. The third-order valence-electron chi connectivity index (χ3n) is 3.86. The van der Waals surface area contributed by atoms with Crippen LogP contribution in [0.3, 0.4) is 0 Å². The molecule has 0 saturated heterocycles. The van der Waals surface area contributed by atoms with Crippen molar-refractivity contribution in [3.05, 3.63) is 56.8 Å². The predicted octanol–water partition coefficient (Wildman–Crippen LogP) is 1.19. The molecule has 8 nitrogen and oxygen atoms in total. The Bertz CT molecular complexity index is 1270. The van der Waals surface area contributed by atoms with Crippen molar-refractivity contribution in [1.82, 2.24) is 19.1 Å². The summed E-state index contributed by atoms with van der Waals surface area (Å²) >= 11 is 0. The summed E-state index contributed by atoms with van der Waals surface area (Å²) in [6.07, 6.45) is 0. The van der Waals surface area contributed by atoms with E-state index in [1.165, 1.54) is 23.2 Å². The average Bonchev–Trinajstić information content (AvgIpc) is 3.14. The van der Waals surface area contributed by atoms with E-state index in [-0.39, 0.29) is 38.7 Å². The Morgan fingerprint density at radius 1 is 0.923 bits per heavy atom. The van der Waals surface area contributed by atoms with Gasteiger partial charge in [0.2, 0.25) is 5.48 Å². The van der Waals surface area contributed by atoms with Crippen LogP contribution in [0.15, 0.2) is 0 Å². The number of aryl methyl sites for hydroxylation is 2. The summed E-state index contributed by atoms with van der Waals surface area (Å²) in [5.74, 6) is -2.97. The topological polar surface area (TPSA) is 72.5 Å². The van der Waals surface area contributed by atoms with Crippen LogP contribution in [0.2, 0.25) is 0 Å². The lowest BCUT2D eigenvalue weighted by Gasteiger charge is -2.02. The summed E-state index contributed by atoms with van der Waals surface area (Å²) in [6.45, 7) is 21.1. The largest absolute Gasteiger partial charge is 0.562 e. The molecule has 0 radical (unpaired) electrons. The predicted molar refractivity (Wildman–Crippen MR) is 86.4 cm³/mol. The van der Waals surface area contributed by atoms with Crippen LogP contribution in [-0.2, 0) is 14.1 Å². The van der Waals surface area contributed by atoms with E-state index in [9.17, 15) is 8.78 Å². The maximum atomic E-state index is 14.5. The molecule has 2 heterocycles. The number of rotatable bonds is 0. The summed E-state index contributed by atoms with van der Waals surface area (Å²) < 4.78 is 31.6. The van der Waals surface area contributed by atoms with Gasteiger partial charge >= 0.3 is 11.5 Å². The van der Waals surface area contributed by atoms with Crippen molar-refractivity contribution in [2.24, 2.45) is 14.1 Å². The lowest BCUT2D eigenvalue weighted by Crippen LogP contribution is -2.18. The van der Waals surface area contributed by atoms with Gasteiger partial charge in [-0.2, -0.15) is 9.69 Å². The number of nitriles is 1. The van der Waals surface area contributed by atoms with Gasteiger partial charge in [0.15, 0.2) is 11.6 Å². The second kappa shape index (κ2) is 5.66. The molecule has 124 valence electrons. The first-order chi connectivity index (χ1) is 12.4. The summed E-state index contributed by atoms with van der Waals surface area (Å²) in [6, 6.07) is 1.67. The first kappa shape index (κ1) is 16.6. The fraction of sp³-hybridized carbons (Fsp3) is 0.125. The highest BCUT2D eigenvalue weighted by molar-refractivity contribution is 6.02. The van der Waals surface area contributed by atoms with Crippen LogP contribution < -0.4 is 11.0 Å². The van der Waals surface area contributed by atoms with Crippen molar-refractivity contribution in [3.63, 3.8) is 0 Å². The Hall–Kier alpha value is -4.28. The SMILES string of the molecule is [C-]#[N+]C([N+]#[C-])=c1nc2c(F)c(F)c3n/c(=C(\C#N)[N+]#[C-])n(C)c3c2n1C. The number of fused-ring (bicyclic) bond motifs is 3. The molecule has 0 bridgehead atoms. The molecule has 3 aromatic rings. The van der Waals surface area contributed by atoms with Crippen LogP contribution in [0.25, 0.3) is 48.1 Å². The van der Waals surface area contributed by atoms with Crippen LogP contribution in [-0.4, -0.2) is 19.1 Å². The highest BCUT2D eigenvalue weighted by atomic mass is 19.2. The first-order valence-electron chi connectivity index (χ1n) is 6.88. The Kier molecular flexibility index (Phi) is 3.61. The molecule has 0 unspecified atom stereocenters. The van der Waals surface area contributed by atoms with E-state index in [4.69, 9.17) is 25.0 Å². The monoisotopic (exact) mass is 348 g/mol. The third kappa shape index (κ3) is 1.94. The van der Waals surface area contributed by atoms with E-state index >= 15 is 0 Å². The van der Waals surface area contributed by atoms with Crippen LogP contribution >= 0.6 is 0 Å². The molecule has 0 saturated carbocycles. The Labute approximate surface area is 144 Å². The van der Waals surface area contributed by atoms with Gasteiger partial charge in [-0.1, -0.05) is 0 Å². The highest BCUT2D eigenvalue weighted by Gasteiger charge is 2.25. The smallest absolute Gasteiger partial charge is 0.334 e. The van der Waals surface area contributed by atoms with E-state index in [0.717, 1.165) is 0 Å². The normalized spacial score (nSPS) is 11.5. The summed E-state index contributed by atoms with van der Waals surface area (Å²) in [5.41, 5.74) is -1.16. The van der Waals surface area contributed by atoms with Crippen LogP contribution in [0, 0.1) is 42.7 Å². The van der Waals surface area contributed by atoms with Gasteiger partial charge in [-0.25, -0.2) is 28.9 Å².